The minimum Gasteiger partial charge on any atom is -0.354 e. The molecule has 0 aromatic rings. The van der Waals surface area contributed by atoms with Gasteiger partial charge in [0.1, 0.15) is 0 Å². The van der Waals surface area contributed by atoms with Crippen molar-refractivity contribution in [2.45, 2.75) is 59.4 Å². The Morgan fingerprint density at radius 1 is 1.28 bits per heavy atom. The van der Waals surface area contributed by atoms with Gasteiger partial charge in [-0.1, -0.05) is 20.8 Å². The Balaban J connectivity index is 0.00000289. The van der Waals surface area contributed by atoms with Gasteiger partial charge in [-0.15, -0.1) is 12.4 Å². The van der Waals surface area contributed by atoms with E-state index in [4.69, 9.17) is 5.73 Å². The standard InChI is InChI=1S/C14H28N2O.ClH/c1-10(15)13(17)16-9-11-5-7-12(8-6-11)14(2,3)4;/h10-12H,5-9,15H2,1-4H3,(H,16,17);1H/t10-,11?,12?;/m1./s1. The van der Waals surface area contributed by atoms with Gasteiger partial charge in [0.05, 0.1) is 6.04 Å². The van der Waals surface area contributed by atoms with E-state index in [-0.39, 0.29) is 24.4 Å². The SMILES string of the molecule is C[C@@H](N)C(=O)NCC1CCC(C(C)(C)C)CC1.Cl. The number of hydrogen-bond acceptors (Lipinski definition) is 2. The Morgan fingerprint density at radius 2 is 1.78 bits per heavy atom. The van der Waals surface area contributed by atoms with Crippen LogP contribution < -0.4 is 11.1 Å². The summed E-state index contributed by atoms with van der Waals surface area (Å²) in [6, 6.07) is -0.388. The zero-order valence-electron chi connectivity index (χ0n) is 12.2. The highest BCUT2D eigenvalue weighted by atomic mass is 35.5. The van der Waals surface area contributed by atoms with Gasteiger partial charge in [-0.05, 0) is 49.9 Å². The highest BCUT2D eigenvalue weighted by Crippen LogP contribution is 2.39. The molecule has 4 heteroatoms. The zero-order chi connectivity index (χ0) is 13.1. The average Bonchev–Trinajstić information content (AvgIpc) is 2.25. The molecule has 1 atom stereocenters. The van der Waals surface area contributed by atoms with Crippen molar-refractivity contribution in [2.24, 2.45) is 23.0 Å². The lowest BCUT2D eigenvalue weighted by atomic mass is 9.70. The summed E-state index contributed by atoms with van der Waals surface area (Å²) in [4.78, 5) is 11.4. The van der Waals surface area contributed by atoms with Crippen LogP contribution in [0.2, 0.25) is 0 Å². The molecule has 0 saturated heterocycles. The quantitative estimate of drug-likeness (QED) is 0.833. The fraction of sp³-hybridized carbons (Fsp3) is 0.929. The topological polar surface area (TPSA) is 55.1 Å². The van der Waals surface area contributed by atoms with Crippen molar-refractivity contribution in [1.29, 1.82) is 0 Å². The predicted molar refractivity (Wildman–Crippen MR) is 78.8 cm³/mol. The number of nitrogens with two attached hydrogens (primary N) is 1. The van der Waals surface area contributed by atoms with Crippen LogP contribution in [0.15, 0.2) is 0 Å². The fourth-order valence-electron chi connectivity index (χ4n) is 2.64. The molecule has 0 aliphatic heterocycles. The van der Waals surface area contributed by atoms with Crippen molar-refractivity contribution in [3.8, 4) is 0 Å². The van der Waals surface area contributed by atoms with Gasteiger partial charge < -0.3 is 11.1 Å². The van der Waals surface area contributed by atoms with E-state index in [1.807, 2.05) is 0 Å². The smallest absolute Gasteiger partial charge is 0.236 e. The van der Waals surface area contributed by atoms with Gasteiger partial charge in [-0.2, -0.15) is 0 Å². The summed E-state index contributed by atoms with van der Waals surface area (Å²) in [7, 11) is 0. The van der Waals surface area contributed by atoms with Crippen LogP contribution in [-0.2, 0) is 4.79 Å². The first-order chi connectivity index (χ1) is 7.80. The first-order valence-electron chi connectivity index (χ1n) is 6.84. The Morgan fingerprint density at radius 3 is 2.17 bits per heavy atom. The molecule has 1 aliphatic carbocycles. The molecule has 1 fully saturated rings. The number of carbonyl (C=O) groups is 1. The molecule has 1 amide bonds. The number of rotatable bonds is 3. The molecule has 1 saturated carbocycles. The molecule has 0 heterocycles. The van der Waals surface area contributed by atoms with Gasteiger partial charge >= 0.3 is 0 Å². The lowest BCUT2D eigenvalue weighted by Crippen LogP contribution is -2.41. The van der Waals surface area contributed by atoms with Gasteiger partial charge in [0.25, 0.3) is 0 Å². The normalized spacial score (nSPS) is 26.1. The number of nitrogens with one attached hydrogen (secondary N) is 1. The molecular weight excluding hydrogens is 248 g/mol. The third-order valence-electron chi connectivity index (χ3n) is 4.05. The van der Waals surface area contributed by atoms with E-state index in [0.29, 0.717) is 11.3 Å². The zero-order valence-corrected chi connectivity index (χ0v) is 13.0. The van der Waals surface area contributed by atoms with Crippen LogP contribution in [0.25, 0.3) is 0 Å². The van der Waals surface area contributed by atoms with E-state index < -0.39 is 0 Å². The number of hydrogen-bond donors (Lipinski definition) is 2. The van der Waals surface area contributed by atoms with Gasteiger partial charge in [-0.25, -0.2) is 0 Å². The molecule has 0 spiro atoms. The lowest BCUT2D eigenvalue weighted by molar-refractivity contribution is -0.122. The maximum atomic E-state index is 11.4. The second kappa shape index (κ2) is 7.34. The van der Waals surface area contributed by atoms with Crippen LogP contribution in [0.4, 0.5) is 0 Å². The number of amides is 1. The minimum absolute atomic E-state index is 0. The summed E-state index contributed by atoms with van der Waals surface area (Å²) in [5.74, 6) is 1.46. The largest absolute Gasteiger partial charge is 0.354 e. The fourth-order valence-corrected chi connectivity index (χ4v) is 2.64. The van der Waals surface area contributed by atoms with E-state index in [0.717, 1.165) is 12.5 Å². The second-order valence-corrected chi connectivity index (χ2v) is 6.62. The summed E-state index contributed by atoms with van der Waals surface area (Å²) in [5, 5.41) is 2.94. The van der Waals surface area contributed by atoms with Crippen LogP contribution in [0.3, 0.4) is 0 Å². The first-order valence-corrected chi connectivity index (χ1v) is 6.84. The molecule has 3 nitrogen and oxygen atoms in total. The van der Waals surface area contributed by atoms with Crippen molar-refractivity contribution >= 4 is 18.3 Å². The maximum absolute atomic E-state index is 11.4. The Hall–Kier alpha value is -0.280. The summed E-state index contributed by atoms with van der Waals surface area (Å²) in [6.07, 6.45) is 5.06. The van der Waals surface area contributed by atoms with Gasteiger partial charge in [0, 0.05) is 6.54 Å². The molecule has 0 unspecified atom stereocenters. The van der Waals surface area contributed by atoms with Gasteiger partial charge in [0.15, 0.2) is 0 Å². The minimum atomic E-state index is -0.388. The molecule has 1 aliphatic rings. The van der Waals surface area contributed by atoms with Crippen molar-refractivity contribution < 1.29 is 4.79 Å². The highest BCUT2D eigenvalue weighted by Gasteiger charge is 2.29. The Bertz CT molecular complexity index is 253. The van der Waals surface area contributed by atoms with E-state index in [1.165, 1.54) is 25.7 Å². The molecule has 1 rings (SSSR count). The second-order valence-electron chi connectivity index (χ2n) is 6.62. The van der Waals surface area contributed by atoms with Crippen LogP contribution in [0.1, 0.15) is 53.4 Å². The summed E-state index contributed by atoms with van der Waals surface area (Å²) >= 11 is 0. The third-order valence-corrected chi connectivity index (χ3v) is 4.05. The summed E-state index contributed by atoms with van der Waals surface area (Å²) < 4.78 is 0. The molecule has 0 radical (unpaired) electrons. The average molecular weight is 277 g/mol. The third kappa shape index (κ3) is 5.57. The number of halogens is 1. The van der Waals surface area contributed by atoms with Crippen molar-refractivity contribution in [3.05, 3.63) is 0 Å². The molecule has 108 valence electrons. The molecule has 18 heavy (non-hydrogen) atoms. The van der Waals surface area contributed by atoms with Crippen LogP contribution in [0, 0.1) is 17.3 Å². The maximum Gasteiger partial charge on any atom is 0.236 e. The van der Waals surface area contributed by atoms with E-state index >= 15 is 0 Å². The Labute approximate surface area is 118 Å². The van der Waals surface area contributed by atoms with Crippen LogP contribution >= 0.6 is 12.4 Å². The Kier molecular flexibility index (Phi) is 7.23. The van der Waals surface area contributed by atoms with E-state index in [9.17, 15) is 4.79 Å². The molecule has 3 N–H and O–H groups in total. The molecule has 0 bridgehead atoms. The molecular formula is C14H29ClN2O. The predicted octanol–water partition coefficient (Wildman–Crippen LogP) is 2.72. The van der Waals surface area contributed by atoms with Crippen molar-refractivity contribution in [3.63, 3.8) is 0 Å². The van der Waals surface area contributed by atoms with Crippen molar-refractivity contribution in [2.75, 3.05) is 6.54 Å². The van der Waals surface area contributed by atoms with Gasteiger partial charge in [-0.3, -0.25) is 4.79 Å². The molecule has 0 aromatic carbocycles. The van der Waals surface area contributed by atoms with Crippen LogP contribution in [-0.4, -0.2) is 18.5 Å². The van der Waals surface area contributed by atoms with Crippen LogP contribution in [0.5, 0.6) is 0 Å². The first kappa shape index (κ1) is 17.7. The molecule has 0 aromatic heterocycles. The number of carbonyl (C=O) groups excluding carboxylic acids is 1. The lowest BCUT2D eigenvalue weighted by Gasteiger charge is -2.37. The summed E-state index contributed by atoms with van der Waals surface area (Å²) in [6.45, 7) is 9.52. The van der Waals surface area contributed by atoms with Crippen molar-refractivity contribution in [1.82, 2.24) is 5.32 Å². The van der Waals surface area contributed by atoms with E-state index in [2.05, 4.69) is 26.1 Å². The highest BCUT2D eigenvalue weighted by molar-refractivity contribution is 5.85. The summed E-state index contributed by atoms with van der Waals surface area (Å²) in [5.41, 5.74) is 5.95. The van der Waals surface area contributed by atoms with Gasteiger partial charge in [0.2, 0.25) is 5.91 Å². The monoisotopic (exact) mass is 276 g/mol. The van der Waals surface area contributed by atoms with E-state index in [1.54, 1.807) is 6.92 Å².